The lowest BCUT2D eigenvalue weighted by molar-refractivity contribution is -0.104. The molecule has 1 aromatic carbocycles. The highest BCUT2D eigenvalue weighted by atomic mass is 16.3. The molecule has 40 heavy (non-hydrogen) atoms. The fraction of sp³-hybridized carbons (Fsp3) is 0.541. The van der Waals surface area contributed by atoms with E-state index >= 15 is 0 Å². The highest BCUT2D eigenvalue weighted by Crippen LogP contribution is 2.63. The zero-order valence-corrected chi connectivity index (χ0v) is 24.9. The summed E-state index contributed by atoms with van der Waals surface area (Å²) >= 11 is 0. The molecule has 2 fully saturated rings. The number of aldehydes is 1. The number of hydrogen-bond donors (Lipinski definition) is 2. The molecule has 0 aliphatic heterocycles. The van der Waals surface area contributed by atoms with E-state index in [1.807, 2.05) is 6.08 Å². The Hall–Kier alpha value is -2.65. The normalized spacial score (nSPS) is 32.5. The Balaban J connectivity index is 1.33. The minimum absolute atomic E-state index is 0.0366. The molecule has 3 heteroatoms. The monoisotopic (exact) mass is 539 g/mol. The van der Waals surface area contributed by atoms with Gasteiger partial charge in [-0.15, -0.1) is 0 Å². The average molecular weight is 540 g/mol. The number of aryl methyl sites for hydroxylation is 1. The van der Waals surface area contributed by atoms with Crippen molar-refractivity contribution in [2.45, 2.75) is 97.0 Å². The molecule has 6 atom stereocenters. The van der Waals surface area contributed by atoms with Crippen LogP contribution in [0.15, 0.2) is 83.1 Å². The lowest BCUT2D eigenvalue weighted by atomic mass is 9.53. The Morgan fingerprint density at radius 3 is 2.67 bits per heavy atom. The van der Waals surface area contributed by atoms with Crippen molar-refractivity contribution in [3.8, 4) is 0 Å². The number of benzene rings is 1. The van der Waals surface area contributed by atoms with Gasteiger partial charge in [0.05, 0.1) is 6.10 Å². The second-order valence-electron chi connectivity index (χ2n) is 13.2. The second-order valence-corrected chi connectivity index (χ2v) is 13.2. The molecule has 2 N–H and O–H groups in total. The molecule has 0 saturated heterocycles. The molecule has 5 rings (SSSR count). The molecule has 0 aromatic heterocycles. The van der Waals surface area contributed by atoms with Crippen LogP contribution in [0.3, 0.4) is 0 Å². The molecule has 0 amide bonds. The number of aliphatic hydroxyl groups is 1. The van der Waals surface area contributed by atoms with Crippen molar-refractivity contribution >= 4 is 6.29 Å². The van der Waals surface area contributed by atoms with E-state index in [-0.39, 0.29) is 11.5 Å². The molecule has 0 radical (unpaired) electrons. The molecule has 3 nitrogen and oxygen atoms in total. The van der Waals surface area contributed by atoms with E-state index in [0.717, 1.165) is 82.7 Å². The number of carbonyl (C=O) groups excluding carboxylic acids is 1. The van der Waals surface area contributed by atoms with Crippen LogP contribution >= 0.6 is 0 Å². The van der Waals surface area contributed by atoms with Gasteiger partial charge in [-0.25, -0.2) is 0 Å². The van der Waals surface area contributed by atoms with Crippen molar-refractivity contribution in [3.05, 3.63) is 94.3 Å². The summed E-state index contributed by atoms with van der Waals surface area (Å²) in [7, 11) is 0. The first-order valence-electron chi connectivity index (χ1n) is 15.8. The quantitative estimate of drug-likeness (QED) is 0.233. The summed E-state index contributed by atoms with van der Waals surface area (Å²) < 4.78 is 0. The van der Waals surface area contributed by atoms with Gasteiger partial charge >= 0.3 is 0 Å². The van der Waals surface area contributed by atoms with Crippen molar-refractivity contribution in [3.63, 3.8) is 0 Å². The summed E-state index contributed by atoms with van der Waals surface area (Å²) in [6.45, 7) is 12.0. The molecule has 6 unspecified atom stereocenters. The molecule has 4 aliphatic carbocycles. The molecule has 0 heterocycles. The third-order valence-corrected chi connectivity index (χ3v) is 10.5. The van der Waals surface area contributed by atoms with Crippen molar-refractivity contribution < 1.29 is 9.90 Å². The van der Waals surface area contributed by atoms with Crippen LogP contribution in [0.2, 0.25) is 0 Å². The summed E-state index contributed by atoms with van der Waals surface area (Å²) in [4.78, 5) is 11.5. The fourth-order valence-electron chi connectivity index (χ4n) is 8.20. The van der Waals surface area contributed by atoms with Crippen LogP contribution in [0.25, 0.3) is 0 Å². The fourth-order valence-corrected chi connectivity index (χ4v) is 8.20. The SMILES string of the molecule is C=C(CCc1ccc(C2CC3(C)C(O)CCC3C3CC/C(=C/C=O)C(CCC)=C23)cc1)NCC1=CCC(C)C=C1. The van der Waals surface area contributed by atoms with E-state index in [1.165, 1.54) is 27.8 Å². The summed E-state index contributed by atoms with van der Waals surface area (Å²) in [5.41, 5.74) is 9.40. The molecule has 2 saturated carbocycles. The van der Waals surface area contributed by atoms with Crippen LogP contribution < -0.4 is 5.32 Å². The molecular weight excluding hydrogens is 490 g/mol. The highest BCUT2D eigenvalue weighted by Gasteiger charge is 2.56. The van der Waals surface area contributed by atoms with Crippen molar-refractivity contribution in [2.24, 2.45) is 23.2 Å². The predicted molar refractivity (Wildman–Crippen MR) is 166 cm³/mol. The topological polar surface area (TPSA) is 49.3 Å². The van der Waals surface area contributed by atoms with Crippen LogP contribution in [0, 0.1) is 23.2 Å². The number of carbonyl (C=O) groups is 1. The van der Waals surface area contributed by atoms with E-state index in [4.69, 9.17) is 0 Å². The lowest BCUT2D eigenvalue weighted by Gasteiger charge is -2.51. The van der Waals surface area contributed by atoms with Crippen LogP contribution in [0.1, 0.15) is 95.6 Å². The number of aliphatic hydroxyl groups excluding tert-OH is 1. The zero-order valence-electron chi connectivity index (χ0n) is 24.9. The number of hydrogen-bond acceptors (Lipinski definition) is 3. The van der Waals surface area contributed by atoms with E-state index < -0.39 is 0 Å². The Labute approximate surface area is 242 Å². The number of fused-ring (bicyclic) bond motifs is 3. The van der Waals surface area contributed by atoms with Crippen molar-refractivity contribution in [1.29, 1.82) is 0 Å². The third-order valence-electron chi connectivity index (χ3n) is 10.5. The largest absolute Gasteiger partial charge is 0.393 e. The Morgan fingerprint density at radius 2 is 1.98 bits per heavy atom. The molecule has 0 bridgehead atoms. The summed E-state index contributed by atoms with van der Waals surface area (Å²) in [6, 6.07) is 9.28. The van der Waals surface area contributed by atoms with Gasteiger partial charge in [0.2, 0.25) is 0 Å². The summed E-state index contributed by atoms with van der Waals surface area (Å²) in [5, 5.41) is 14.7. The van der Waals surface area contributed by atoms with Gasteiger partial charge < -0.3 is 10.4 Å². The van der Waals surface area contributed by atoms with Gasteiger partial charge in [-0.1, -0.05) is 81.8 Å². The van der Waals surface area contributed by atoms with Gasteiger partial charge in [-0.2, -0.15) is 0 Å². The lowest BCUT2D eigenvalue weighted by Crippen LogP contribution is -2.44. The number of nitrogens with one attached hydrogen (secondary N) is 1. The number of allylic oxidation sites excluding steroid dienone is 7. The molecule has 4 aliphatic rings. The molecular formula is C37H49NO2. The average Bonchev–Trinajstić information content (AvgIpc) is 3.26. The van der Waals surface area contributed by atoms with Gasteiger partial charge in [0.15, 0.2) is 0 Å². The minimum atomic E-state index is -0.218. The highest BCUT2D eigenvalue weighted by molar-refractivity contribution is 5.69. The van der Waals surface area contributed by atoms with Crippen LogP contribution in [-0.2, 0) is 11.2 Å². The van der Waals surface area contributed by atoms with Gasteiger partial charge in [-0.3, -0.25) is 4.79 Å². The summed E-state index contributed by atoms with van der Waals surface area (Å²) in [5.74, 6) is 2.00. The first kappa shape index (κ1) is 28.9. The van der Waals surface area contributed by atoms with Gasteiger partial charge in [0, 0.05) is 18.2 Å². The maximum absolute atomic E-state index is 11.5. The van der Waals surface area contributed by atoms with Crippen molar-refractivity contribution in [1.82, 2.24) is 5.32 Å². The van der Waals surface area contributed by atoms with Crippen LogP contribution in [-0.4, -0.2) is 24.0 Å². The van der Waals surface area contributed by atoms with Gasteiger partial charge in [0.1, 0.15) is 6.29 Å². The standard InChI is InChI=1S/C37H49NO2/c1-5-6-31-30(21-22-39)17-18-32-34-19-20-35(40)37(34,4)23-33(36(31)32)29-15-13-27(14-16-29)12-9-26(3)38-24-28-10-7-25(2)8-11-28/h7,10-11,13-16,21-22,25,32-35,38,40H,3,5-6,8-9,12,17-20,23-24H2,1-2,4H3/b30-21-. The van der Waals surface area contributed by atoms with E-state index in [9.17, 15) is 9.90 Å². The van der Waals surface area contributed by atoms with Crippen molar-refractivity contribution in [2.75, 3.05) is 6.54 Å². The summed E-state index contributed by atoms with van der Waals surface area (Å²) in [6.07, 6.45) is 19.7. The molecule has 214 valence electrons. The number of rotatable bonds is 10. The van der Waals surface area contributed by atoms with Gasteiger partial charge in [0.25, 0.3) is 0 Å². The predicted octanol–water partition coefficient (Wildman–Crippen LogP) is 8.14. The van der Waals surface area contributed by atoms with E-state index in [0.29, 0.717) is 23.7 Å². The molecule has 0 spiro atoms. The first-order valence-corrected chi connectivity index (χ1v) is 15.8. The Bertz CT molecular complexity index is 1220. The maximum Gasteiger partial charge on any atom is 0.143 e. The van der Waals surface area contributed by atoms with Gasteiger partial charge in [-0.05, 0) is 115 Å². The first-order chi connectivity index (χ1) is 19.3. The maximum atomic E-state index is 11.5. The zero-order chi connectivity index (χ0) is 28.3. The van der Waals surface area contributed by atoms with E-state index in [1.54, 1.807) is 5.57 Å². The smallest absolute Gasteiger partial charge is 0.143 e. The van der Waals surface area contributed by atoms with Crippen LogP contribution in [0.4, 0.5) is 0 Å². The third kappa shape index (κ3) is 5.86. The minimum Gasteiger partial charge on any atom is -0.393 e. The molecule has 1 aromatic rings. The van der Waals surface area contributed by atoms with Crippen LogP contribution in [0.5, 0.6) is 0 Å². The second kappa shape index (κ2) is 12.5. The van der Waals surface area contributed by atoms with E-state index in [2.05, 4.69) is 75.2 Å². The Kier molecular flexibility index (Phi) is 9.00. The Morgan fingerprint density at radius 1 is 1.18 bits per heavy atom.